The van der Waals surface area contributed by atoms with Gasteiger partial charge in [0.1, 0.15) is 11.5 Å². The number of hydrogen-bond acceptors (Lipinski definition) is 3. The number of pyridine rings is 1. The SMILES string of the molecule is CCc1ccc(-c2cc(C(F)(F)F)c3c(C)nn(-c4ccccc4F)c3n2)s1. The molecular weight excluding hydrogens is 390 g/mol. The monoisotopic (exact) mass is 405 g/mol. The van der Waals surface area contributed by atoms with Gasteiger partial charge in [-0.3, -0.25) is 0 Å². The van der Waals surface area contributed by atoms with Crippen molar-refractivity contribution in [2.75, 3.05) is 0 Å². The predicted octanol–water partition coefficient (Wildman–Crippen LogP) is 6.18. The molecule has 0 saturated heterocycles. The van der Waals surface area contributed by atoms with E-state index in [4.69, 9.17) is 0 Å². The van der Waals surface area contributed by atoms with Gasteiger partial charge in [-0.1, -0.05) is 19.1 Å². The van der Waals surface area contributed by atoms with Crippen molar-refractivity contribution in [1.29, 1.82) is 0 Å². The Balaban J connectivity index is 2.06. The Kier molecular flexibility index (Phi) is 4.45. The fourth-order valence-electron chi connectivity index (χ4n) is 3.14. The zero-order chi connectivity index (χ0) is 20.1. The van der Waals surface area contributed by atoms with E-state index in [9.17, 15) is 17.6 Å². The third-order valence-corrected chi connectivity index (χ3v) is 5.71. The Hall–Kier alpha value is -2.74. The first-order valence-electron chi connectivity index (χ1n) is 8.61. The van der Waals surface area contributed by atoms with Gasteiger partial charge < -0.3 is 0 Å². The van der Waals surface area contributed by atoms with Gasteiger partial charge >= 0.3 is 6.18 Å². The van der Waals surface area contributed by atoms with E-state index in [-0.39, 0.29) is 28.1 Å². The lowest BCUT2D eigenvalue weighted by atomic mass is 10.1. The van der Waals surface area contributed by atoms with Crippen LogP contribution in [0.25, 0.3) is 27.3 Å². The lowest BCUT2D eigenvalue weighted by Crippen LogP contribution is -2.08. The molecule has 0 amide bonds. The van der Waals surface area contributed by atoms with Crippen LogP contribution in [0.4, 0.5) is 17.6 Å². The molecule has 0 aliphatic heterocycles. The Labute approximate surface area is 162 Å². The number of rotatable bonds is 3. The number of aromatic nitrogens is 3. The van der Waals surface area contributed by atoms with E-state index in [1.54, 1.807) is 12.1 Å². The van der Waals surface area contributed by atoms with Crippen molar-refractivity contribution in [2.24, 2.45) is 0 Å². The Bertz CT molecular complexity index is 1170. The Morgan fingerprint density at radius 3 is 2.50 bits per heavy atom. The zero-order valence-corrected chi connectivity index (χ0v) is 15.8. The van der Waals surface area contributed by atoms with Crippen LogP contribution in [-0.2, 0) is 12.6 Å². The summed E-state index contributed by atoms with van der Waals surface area (Å²) in [6.45, 7) is 3.45. The first-order valence-corrected chi connectivity index (χ1v) is 9.42. The van der Waals surface area contributed by atoms with Crippen LogP contribution in [-0.4, -0.2) is 14.8 Å². The van der Waals surface area contributed by atoms with Gasteiger partial charge in [-0.2, -0.15) is 18.3 Å². The minimum absolute atomic E-state index is 0.0149. The minimum atomic E-state index is -4.59. The average molecular weight is 405 g/mol. The molecule has 0 bridgehead atoms. The van der Waals surface area contributed by atoms with E-state index in [1.807, 2.05) is 13.0 Å². The summed E-state index contributed by atoms with van der Waals surface area (Å²) in [7, 11) is 0. The van der Waals surface area contributed by atoms with Gasteiger partial charge in [-0.15, -0.1) is 11.3 Å². The van der Waals surface area contributed by atoms with E-state index in [2.05, 4.69) is 10.1 Å². The van der Waals surface area contributed by atoms with Crippen LogP contribution in [0.2, 0.25) is 0 Å². The molecule has 3 heterocycles. The molecule has 0 aliphatic rings. The maximum absolute atomic E-state index is 14.3. The summed E-state index contributed by atoms with van der Waals surface area (Å²) in [4.78, 5) is 6.12. The molecule has 4 aromatic rings. The lowest BCUT2D eigenvalue weighted by molar-refractivity contribution is -0.136. The van der Waals surface area contributed by atoms with Crippen LogP contribution in [0.5, 0.6) is 0 Å². The van der Waals surface area contributed by atoms with Crippen LogP contribution in [0.1, 0.15) is 23.1 Å². The summed E-state index contributed by atoms with van der Waals surface area (Å²) in [5, 5.41) is 4.05. The summed E-state index contributed by atoms with van der Waals surface area (Å²) in [6.07, 6.45) is -3.81. The summed E-state index contributed by atoms with van der Waals surface area (Å²) in [5.41, 5.74) is -0.441. The van der Waals surface area contributed by atoms with Gasteiger partial charge in [0.25, 0.3) is 0 Å². The zero-order valence-electron chi connectivity index (χ0n) is 15.0. The molecule has 1 aromatic carbocycles. The van der Waals surface area contributed by atoms with Crippen molar-refractivity contribution >= 4 is 22.4 Å². The number of hydrogen-bond donors (Lipinski definition) is 0. The van der Waals surface area contributed by atoms with Crippen molar-refractivity contribution in [3.05, 3.63) is 64.4 Å². The van der Waals surface area contributed by atoms with Gasteiger partial charge in [-0.25, -0.2) is 14.1 Å². The van der Waals surface area contributed by atoms with Gasteiger partial charge in [0.05, 0.1) is 27.2 Å². The third kappa shape index (κ3) is 3.07. The van der Waals surface area contributed by atoms with Crippen LogP contribution in [0.3, 0.4) is 0 Å². The quantitative estimate of drug-likeness (QED) is 0.381. The number of nitrogens with zero attached hydrogens (tertiary/aromatic N) is 3. The maximum atomic E-state index is 14.3. The summed E-state index contributed by atoms with van der Waals surface area (Å²) < 4.78 is 56.9. The van der Waals surface area contributed by atoms with E-state index in [0.29, 0.717) is 4.88 Å². The first-order chi connectivity index (χ1) is 13.3. The van der Waals surface area contributed by atoms with Crippen LogP contribution in [0.15, 0.2) is 42.5 Å². The molecule has 0 radical (unpaired) electrons. The molecule has 0 saturated carbocycles. The highest BCUT2D eigenvalue weighted by atomic mass is 32.1. The minimum Gasteiger partial charge on any atom is -0.227 e. The normalized spacial score (nSPS) is 12.1. The van der Waals surface area contributed by atoms with Gasteiger partial charge in [0, 0.05) is 4.88 Å². The topological polar surface area (TPSA) is 30.7 Å². The van der Waals surface area contributed by atoms with Crippen LogP contribution >= 0.6 is 11.3 Å². The highest BCUT2D eigenvalue weighted by molar-refractivity contribution is 7.15. The standard InChI is InChI=1S/C20H15F4N3S/c1-3-12-8-9-17(28-12)15-10-13(20(22,23)24)18-11(2)26-27(19(18)25-15)16-7-5-4-6-14(16)21/h4-10H,3H2,1-2H3. The van der Waals surface area contributed by atoms with Crippen molar-refractivity contribution in [3.63, 3.8) is 0 Å². The molecule has 4 rings (SSSR count). The first kappa shape index (κ1) is 18.6. The molecule has 8 heteroatoms. The van der Waals surface area contributed by atoms with Crippen molar-refractivity contribution in [2.45, 2.75) is 26.4 Å². The number of alkyl halides is 3. The number of para-hydroxylation sites is 1. The number of fused-ring (bicyclic) bond motifs is 1. The Morgan fingerprint density at radius 1 is 1.11 bits per heavy atom. The molecule has 0 unspecified atom stereocenters. The molecule has 3 nitrogen and oxygen atoms in total. The molecule has 28 heavy (non-hydrogen) atoms. The van der Waals surface area contributed by atoms with E-state index in [1.165, 1.54) is 36.5 Å². The van der Waals surface area contributed by atoms with Crippen molar-refractivity contribution < 1.29 is 17.6 Å². The predicted molar refractivity (Wildman–Crippen MR) is 101 cm³/mol. The second-order valence-electron chi connectivity index (χ2n) is 6.32. The molecule has 144 valence electrons. The van der Waals surface area contributed by atoms with Crippen molar-refractivity contribution in [3.8, 4) is 16.3 Å². The second-order valence-corrected chi connectivity index (χ2v) is 7.49. The maximum Gasteiger partial charge on any atom is 0.417 e. The lowest BCUT2D eigenvalue weighted by Gasteiger charge is -2.11. The van der Waals surface area contributed by atoms with E-state index >= 15 is 0 Å². The molecule has 0 fully saturated rings. The summed E-state index contributed by atoms with van der Waals surface area (Å²) in [5.74, 6) is -0.586. The number of halogens is 4. The van der Waals surface area contributed by atoms with Crippen LogP contribution < -0.4 is 0 Å². The summed E-state index contributed by atoms with van der Waals surface area (Å²) in [6, 6.07) is 10.5. The fourth-order valence-corrected chi connectivity index (χ4v) is 4.04. The van der Waals surface area contributed by atoms with E-state index < -0.39 is 17.6 Å². The van der Waals surface area contributed by atoms with Crippen molar-refractivity contribution in [1.82, 2.24) is 14.8 Å². The molecule has 0 spiro atoms. The fraction of sp³-hybridized carbons (Fsp3) is 0.200. The second kappa shape index (κ2) is 6.70. The smallest absolute Gasteiger partial charge is 0.227 e. The third-order valence-electron chi connectivity index (χ3n) is 4.46. The molecule has 0 N–H and O–H groups in total. The van der Waals surface area contributed by atoms with Gasteiger partial charge in [0.2, 0.25) is 0 Å². The molecular formula is C20H15F4N3S. The number of aryl methyl sites for hydroxylation is 2. The Morgan fingerprint density at radius 2 is 1.86 bits per heavy atom. The largest absolute Gasteiger partial charge is 0.417 e. The average Bonchev–Trinajstić information content (AvgIpc) is 3.26. The van der Waals surface area contributed by atoms with Gasteiger partial charge in [-0.05, 0) is 43.7 Å². The highest BCUT2D eigenvalue weighted by Crippen LogP contribution is 2.39. The van der Waals surface area contributed by atoms with Gasteiger partial charge in [0.15, 0.2) is 5.65 Å². The molecule has 3 aromatic heterocycles. The van der Waals surface area contributed by atoms with Crippen LogP contribution in [0, 0.1) is 12.7 Å². The highest BCUT2D eigenvalue weighted by Gasteiger charge is 2.36. The molecule has 0 atom stereocenters. The number of thiophene rings is 1. The van der Waals surface area contributed by atoms with E-state index in [0.717, 1.165) is 22.0 Å². The molecule has 0 aliphatic carbocycles. The summed E-state index contributed by atoms with van der Waals surface area (Å²) >= 11 is 1.39. The number of benzene rings is 1.